The van der Waals surface area contributed by atoms with Gasteiger partial charge in [0.05, 0.1) is 12.1 Å². The lowest BCUT2D eigenvalue weighted by atomic mass is 10.0. The topological polar surface area (TPSA) is 58.2 Å². The summed E-state index contributed by atoms with van der Waals surface area (Å²) in [5.74, 6) is -0.794. The van der Waals surface area contributed by atoms with Crippen LogP contribution >= 0.6 is 0 Å². The van der Waals surface area contributed by atoms with E-state index in [4.69, 9.17) is 0 Å². The second kappa shape index (κ2) is 5.86. The first-order valence-corrected chi connectivity index (χ1v) is 7.59. The molecule has 1 aromatic carbocycles. The zero-order valence-corrected chi connectivity index (χ0v) is 12.3. The van der Waals surface area contributed by atoms with E-state index in [0.29, 0.717) is 6.42 Å². The van der Waals surface area contributed by atoms with Gasteiger partial charge in [-0.2, -0.15) is 13.2 Å². The maximum Gasteiger partial charge on any atom is 0.416 e. The van der Waals surface area contributed by atoms with Gasteiger partial charge in [-0.25, -0.2) is 0 Å². The van der Waals surface area contributed by atoms with Crippen molar-refractivity contribution >= 4 is 11.8 Å². The maximum absolute atomic E-state index is 13.0. The predicted octanol–water partition coefficient (Wildman–Crippen LogP) is 2.20. The average molecular weight is 326 g/mol. The summed E-state index contributed by atoms with van der Waals surface area (Å²) in [6, 6.07) is 5.13. The van der Waals surface area contributed by atoms with Crippen LogP contribution in [-0.4, -0.2) is 24.4 Å². The minimum atomic E-state index is -4.40. The van der Waals surface area contributed by atoms with Crippen molar-refractivity contribution in [2.24, 2.45) is 5.92 Å². The summed E-state index contributed by atoms with van der Waals surface area (Å²) in [6.07, 6.45) is -2.21. The Morgan fingerprint density at radius 1 is 1.17 bits per heavy atom. The third-order valence-electron chi connectivity index (χ3n) is 4.17. The number of halogens is 3. The van der Waals surface area contributed by atoms with Gasteiger partial charge in [0, 0.05) is 17.9 Å². The van der Waals surface area contributed by atoms with Gasteiger partial charge in [-0.3, -0.25) is 9.59 Å². The van der Waals surface area contributed by atoms with E-state index < -0.39 is 11.7 Å². The van der Waals surface area contributed by atoms with Gasteiger partial charge in [-0.1, -0.05) is 18.2 Å². The van der Waals surface area contributed by atoms with Crippen LogP contribution in [-0.2, 0) is 15.8 Å². The lowest BCUT2D eigenvalue weighted by Gasteiger charge is -2.12. The molecule has 0 aromatic heterocycles. The van der Waals surface area contributed by atoms with Crippen molar-refractivity contribution in [2.75, 3.05) is 6.54 Å². The van der Waals surface area contributed by atoms with E-state index in [9.17, 15) is 22.8 Å². The SMILES string of the molecule is O=C(CNC(=O)C1CC1)N[C@@H]1C[C@@H]1c1ccccc1C(F)(F)F. The van der Waals surface area contributed by atoms with Crippen molar-refractivity contribution in [3.05, 3.63) is 35.4 Å². The predicted molar refractivity (Wildman–Crippen MR) is 76.5 cm³/mol. The molecule has 2 saturated carbocycles. The fraction of sp³-hybridized carbons (Fsp3) is 0.500. The molecule has 7 heteroatoms. The smallest absolute Gasteiger partial charge is 0.351 e. The van der Waals surface area contributed by atoms with Crippen LogP contribution < -0.4 is 10.6 Å². The van der Waals surface area contributed by atoms with E-state index in [0.717, 1.165) is 18.9 Å². The molecule has 0 saturated heterocycles. The minimum absolute atomic E-state index is 0.0233. The molecule has 2 aliphatic rings. The Bertz CT molecular complexity index is 626. The second-order valence-electron chi connectivity index (χ2n) is 6.09. The Labute approximate surface area is 131 Å². The van der Waals surface area contributed by atoms with Crippen molar-refractivity contribution in [1.29, 1.82) is 0 Å². The molecule has 3 rings (SSSR count). The minimum Gasteiger partial charge on any atom is -0.351 e. The fourth-order valence-corrected chi connectivity index (χ4v) is 2.69. The Balaban J connectivity index is 1.53. The van der Waals surface area contributed by atoms with Crippen LogP contribution in [0.25, 0.3) is 0 Å². The highest BCUT2D eigenvalue weighted by Gasteiger charge is 2.44. The van der Waals surface area contributed by atoms with E-state index in [1.165, 1.54) is 12.1 Å². The zero-order valence-electron chi connectivity index (χ0n) is 12.3. The maximum atomic E-state index is 13.0. The van der Waals surface area contributed by atoms with Gasteiger partial charge in [-0.15, -0.1) is 0 Å². The summed E-state index contributed by atoms with van der Waals surface area (Å²) in [4.78, 5) is 23.2. The highest BCUT2D eigenvalue weighted by Crippen LogP contribution is 2.46. The van der Waals surface area contributed by atoms with Gasteiger partial charge in [0.1, 0.15) is 0 Å². The van der Waals surface area contributed by atoms with Crippen molar-refractivity contribution in [1.82, 2.24) is 10.6 Å². The molecule has 2 amide bonds. The molecule has 0 heterocycles. The van der Waals surface area contributed by atoms with Gasteiger partial charge < -0.3 is 10.6 Å². The van der Waals surface area contributed by atoms with Gasteiger partial charge in [0.15, 0.2) is 0 Å². The van der Waals surface area contributed by atoms with E-state index in [1.807, 2.05) is 0 Å². The molecule has 0 unspecified atom stereocenters. The van der Waals surface area contributed by atoms with Crippen LogP contribution in [0.15, 0.2) is 24.3 Å². The molecule has 2 aliphatic carbocycles. The monoisotopic (exact) mass is 326 g/mol. The summed E-state index contributed by atoms with van der Waals surface area (Å²) < 4.78 is 38.9. The lowest BCUT2D eigenvalue weighted by molar-refractivity contribution is -0.138. The van der Waals surface area contributed by atoms with Gasteiger partial charge in [0.25, 0.3) is 0 Å². The van der Waals surface area contributed by atoms with E-state index in [2.05, 4.69) is 10.6 Å². The van der Waals surface area contributed by atoms with Crippen molar-refractivity contribution < 1.29 is 22.8 Å². The van der Waals surface area contributed by atoms with Crippen molar-refractivity contribution in [3.63, 3.8) is 0 Å². The molecule has 4 nitrogen and oxygen atoms in total. The molecule has 0 bridgehead atoms. The van der Waals surface area contributed by atoms with Crippen LogP contribution in [0.5, 0.6) is 0 Å². The molecule has 124 valence electrons. The molecule has 0 radical (unpaired) electrons. The largest absolute Gasteiger partial charge is 0.416 e. The van der Waals surface area contributed by atoms with E-state index in [1.54, 1.807) is 6.07 Å². The molecule has 2 fully saturated rings. The van der Waals surface area contributed by atoms with Crippen LogP contribution in [0.2, 0.25) is 0 Å². The number of benzene rings is 1. The summed E-state index contributed by atoms with van der Waals surface area (Å²) in [5.41, 5.74) is -0.434. The van der Waals surface area contributed by atoms with E-state index >= 15 is 0 Å². The van der Waals surface area contributed by atoms with Crippen LogP contribution in [0.3, 0.4) is 0 Å². The summed E-state index contributed by atoms with van der Waals surface area (Å²) in [6.45, 7) is -0.126. The fourth-order valence-electron chi connectivity index (χ4n) is 2.69. The van der Waals surface area contributed by atoms with Crippen LogP contribution in [0.4, 0.5) is 13.2 Å². The quantitative estimate of drug-likeness (QED) is 0.871. The molecule has 1 aromatic rings. The Hall–Kier alpha value is -2.05. The normalized spacial score (nSPS) is 23.3. The number of alkyl halides is 3. The summed E-state index contributed by atoms with van der Waals surface area (Å²) in [5, 5.41) is 5.21. The molecular weight excluding hydrogens is 309 g/mol. The summed E-state index contributed by atoms with van der Waals surface area (Å²) >= 11 is 0. The Morgan fingerprint density at radius 2 is 1.87 bits per heavy atom. The number of nitrogens with one attached hydrogen (secondary N) is 2. The first-order chi connectivity index (χ1) is 10.9. The Kier molecular flexibility index (Phi) is 4.04. The van der Waals surface area contributed by atoms with Gasteiger partial charge in [-0.05, 0) is 30.9 Å². The molecule has 2 N–H and O–H groups in total. The number of rotatable bonds is 5. The van der Waals surface area contributed by atoms with Crippen LogP contribution in [0, 0.1) is 5.92 Å². The van der Waals surface area contributed by atoms with Gasteiger partial charge in [0.2, 0.25) is 11.8 Å². The number of amides is 2. The van der Waals surface area contributed by atoms with Crippen molar-refractivity contribution in [2.45, 2.75) is 37.4 Å². The highest BCUT2D eigenvalue weighted by molar-refractivity contribution is 5.87. The molecule has 2 atom stereocenters. The molecular formula is C16H17F3N2O2. The summed E-state index contributed by atoms with van der Waals surface area (Å²) in [7, 11) is 0. The number of carbonyl (C=O) groups excluding carboxylic acids is 2. The van der Waals surface area contributed by atoms with Crippen molar-refractivity contribution in [3.8, 4) is 0 Å². The first-order valence-electron chi connectivity index (χ1n) is 7.59. The number of carbonyl (C=O) groups is 2. The van der Waals surface area contributed by atoms with Gasteiger partial charge >= 0.3 is 6.18 Å². The molecule has 0 spiro atoms. The Morgan fingerprint density at radius 3 is 2.52 bits per heavy atom. The first kappa shape index (κ1) is 15.8. The van der Waals surface area contributed by atoms with Crippen LogP contribution in [0.1, 0.15) is 36.3 Å². The lowest BCUT2D eigenvalue weighted by Crippen LogP contribution is -2.38. The number of hydrogen-bond donors (Lipinski definition) is 2. The second-order valence-corrected chi connectivity index (χ2v) is 6.09. The molecule has 23 heavy (non-hydrogen) atoms. The average Bonchev–Trinajstić information content (AvgIpc) is 3.37. The van der Waals surface area contributed by atoms with E-state index in [-0.39, 0.29) is 41.8 Å². The molecule has 0 aliphatic heterocycles. The standard InChI is InChI=1S/C16H17F3N2O2/c17-16(18,19)12-4-2-1-3-10(12)11-7-13(11)21-14(22)8-20-15(23)9-5-6-9/h1-4,9,11,13H,5-8H2,(H,20,23)(H,21,22)/t11-,13-/m1/s1. The number of hydrogen-bond acceptors (Lipinski definition) is 2. The zero-order chi connectivity index (χ0) is 16.6. The third-order valence-corrected chi connectivity index (χ3v) is 4.17. The third kappa shape index (κ3) is 3.83. The highest BCUT2D eigenvalue weighted by atomic mass is 19.4.